The van der Waals surface area contributed by atoms with E-state index in [1.807, 2.05) is 0 Å². The van der Waals surface area contributed by atoms with Crippen molar-refractivity contribution in [2.75, 3.05) is 38.0 Å². The van der Waals surface area contributed by atoms with Crippen LogP contribution < -0.4 is 20.4 Å². The number of rotatable bonds is 6. The second-order valence-corrected chi connectivity index (χ2v) is 12.0. The Labute approximate surface area is 180 Å². The third kappa shape index (κ3) is 5.15. The van der Waals surface area contributed by atoms with Crippen molar-refractivity contribution in [3.8, 4) is 0 Å². The third-order valence-corrected chi connectivity index (χ3v) is 9.57. The van der Waals surface area contributed by atoms with Gasteiger partial charge in [-0.05, 0) is 79.1 Å². The van der Waals surface area contributed by atoms with E-state index < -0.39 is 0 Å². The molecule has 0 heterocycles. The number of benzene rings is 2. The molecule has 1 saturated carbocycles. The standard InChI is InChI=1S/C26H39N2P/c1-19(2)25-17-8-20(3)18-26(25)29(23-13-9-21(10-14-23)27(4)5)24-15-11-22(12-16-24)28(6)7/h9-16,19-20,25-26H,8,17-18H2,1-7H3. The molecule has 0 saturated heterocycles. The van der Waals surface area contributed by atoms with Crippen LogP contribution in [0.15, 0.2) is 48.5 Å². The summed E-state index contributed by atoms with van der Waals surface area (Å²) in [6, 6.07) is 18.8. The quantitative estimate of drug-likeness (QED) is 0.563. The second kappa shape index (κ2) is 9.52. The first kappa shape index (κ1) is 22.2. The van der Waals surface area contributed by atoms with Gasteiger partial charge in [-0.2, -0.15) is 0 Å². The number of hydrogen-bond donors (Lipinski definition) is 0. The highest BCUT2D eigenvalue weighted by molar-refractivity contribution is 7.73. The maximum absolute atomic E-state index is 2.46. The molecule has 0 aromatic heterocycles. The molecule has 29 heavy (non-hydrogen) atoms. The average Bonchev–Trinajstić information content (AvgIpc) is 2.69. The SMILES string of the molecule is CC1CCC(C(C)C)C(P(c2ccc(N(C)C)cc2)c2ccc(N(C)C)cc2)C1. The molecule has 3 heteroatoms. The molecule has 0 aliphatic heterocycles. The highest BCUT2D eigenvalue weighted by atomic mass is 31.1. The van der Waals surface area contributed by atoms with Gasteiger partial charge in [0.15, 0.2) is 0 Å². The molecule has 158 valence electrons. The average molecular weight is 411 g/mol. The van der Waals surface area contributed by atoms with Crippen molar-refractivity contribution in [2.45, 2.75) is 45.7 Å². The van der Waals surface area contributed by atoms with E-state index in [1.54, 1.807) is 0 Å². The fourth-order valence-electron chi connectivity index (χ4n) is 4.80. The fourth-order valence-corrected chi connectivity index (χ4v) is 8.26. The summed E-state index contributed by atoms with van der Waals surface area (Å²) < 4.78 is 0. The van der Waals surface area contributed by atoms with E-state index in [1.165, 1.54) is 41.2 Å². The van der Waals surface area contributed by atoms with E-state index in [0.29, 0.717) is 0 Å². The van der Waals surface area contributed by atoms with Crippen LogP contribution in [0, 0.1) is 17.8 Å². The number of anilines is 2. The van der Waals surface area contributed by atoms with Crippen LogP contribution in [0.2, 0.25) is 0 Å². The molecule has 1 fully saturated rings. The summed E-state index contributed by atoms with van der Waals surface area (Å²) in [4.78, 5) is 4.38. The van der Waals surface area contributed by atoms with Crippen molar-refractivity contribution in [2.24, 2.45) is 17.8 Å². The lowest BCUT2D eigenvalue weighted by molar-refractivity contribution is 0.242. The molecule has 0 amide bonds. The summed E-state index contributed by atoms with van der Waals surface area (Å²) >= 11 is 0. The molecule has 0 bridgehead atoms. The van der Waals surface area contributed by atoms with Crippen LogP contribution in [0.1, 0.15) is 40.0 Å². The van der Waals surface area contributed by atoms with E-state index in [4.69, 9.17) is 0 Å². The predicted molar refractivity (Wildman–Crippen MR) is 133 cm³/mol. The molecule has 3 unspecified atom stereocenters. The predicted octanol–water partition coefficient (Wildman–Crippen LogP) is 5.71. The minimum absolute atomic E-state index is 0.368. The molecule has 3 atom stereocenters. The minimum atomic E-state index is -0.368. The monoisotopic (exact) mass is 410 g/mol. The number of nitrogens with zero attached hydrogens (tertiary/aromatic N) is 2. The first-order chi connectivity index (χ1) is 13.8. The highest BCUT2D eigenvalue weighted by Crippen LogP contribution is 2.52. The lowest BCUT2D eigenvalue weighted by atomic mass is 9.77. The molecule has 0 N–H and O–H groups in total. The van der Waals surface area contributed by atoms with Crippen molar-refractivity contribution < 1.29 is 0 Å². The van der Waals surface area contributed by atoms with Gasteiger partial charge >= 0.3 is 0 Å². The lowest BCUT2D eigenvalue weighted by Crippen LogP contribution is -2.35. The lowest BCUT2D eigenvalue weighted by Gasteiger charge is -2.42. The van der Waals surface area contributed by atoms with Crippen LogP contribution in [-0.2, 0) is 0 Å². The fraction of sp³-hybridized carbons (Fsp3) is 0.538. The minimum Gasteiger partial charge on any atom is -0.378 e. The largest absolute Gasteiger partial charge is 0.378 e. The van der Waals surface area contributed by atoms with Gasteiger partial charge < -0.3 is 9.80 Å². The van der Waals surface area contributed by atoms with Crippen molar-refractivity contribution in [1.29, 1.82) is 0 Å². The maximum Gasteiger partial charge on any atom is 0.0361 e. The smallest absolute Gasteiger partial charge is 0.0361 e. The van der Waals surface area contributed by atoms with Crippen LogP contribution >= 0.6 is 7.92 Å². The Balaban J connectivity index is 2.04. The summed E-state index contributed by atoms with van der Waals surface area (Å²) in [5, 5.41) is 3.07. The molecule has 0 spiro atoms. The van der Waals surface area contributed by atoms with Gasteiger partial charge in [-0.15, -0.1) is 0 Å². The van der Waals surface area contributed by atoms with Crippen LogP contribution in [0.4, 0.5) is 11.4 Å². The Morgan fingerprint density at radius 2 is 1.21 bits per heavy atom. The Hall–Kier alpha value is -1.53. The van der Waals surface area contributed by atoms with Crippen LogP contribution in [-0.4, -0.2) is 33.8 Å². The van der Waals surface area contributed by atoms with Crippen molar-refractivity contribution in [1.82, 2.24) is 0 Å². The number of hydrogen-bond acceptors (Lipinski definition) is 2. The Kier molecular flexibility index (Phi) is 7.28. The zero-order valence-corrected chi connectivity index (χ0v) is 20.3. The molecule has 1 aliphatic rings. The molecule has 1 aliphatic carbocycles. The van der Waals surface area contributed by atoms with Gasteiger partial charge in [0.1, 0.15) is 0 Å². The van der Waals surface area contributed by atoms with Gasteiger partial charge in [0.2, 0.25) is 0 Å². The van der Waals surface area contributed by atoms with Gasteiger partial charge in [0.25, 0.3) is 0 Å². The van der Waals surface area contributed by atoms with Gasteiger partial charge in [-0.1, -0.05) is 51.5 Å². The second-order valence-electron chi connectivity index (χ2n) is 9.59. The van der Waals surface area contributed by atoms with Gasteiger partial charge in [0.05, 0.1) is 0 Å². The Bertz CT molecular complexity index is 713. The van der Waals surface area contributed by atoms with E-state index in [0.717, 1.165) is 23.4 Å². The van der Waals surface area contributed by atoms with E-state index in [2.05, 4.69) is 107 Å². The summed E-state index contributed by atoms with van der Waals surface area (Å²) in [6.45, 7) is 7.33. The topological polar surface area (TPSA) is 6.48 Å². The summed E-state index contributed by atoms with van der Waals surface area (Å²) in [7, 11) is 8.11. The first-order valence-corrected chi connectivity index (χ1v) is 12.5. The molecule has 0 radical (unpaired) electrons. The van der Waals surface area contributed by atoms with Crippen LogP contribution in [0.5, 0.6) is 0 Å². The molecule has 3 rings (SSSR count). The Morgan fingerprint density at radius 1 is 0.759 bits per heavy atom. The van der Waals surface area contributed by atoms with Crippen molar-refractivity contribution in [3.63, 3.8) is 0 Å². The van der Waals surface area contributed by atoms with Gasteiger partial charge in [-0.3, -0.25) is 0 Å². The third-order valence-electron chi connectivity index (χ3n) is 6.61. The van der Waals surface area contributed by atoms with Crippen LogP contribution in [0.3, 0.4) is 0 Å². The first-order valence-electron chi connectivity index (χ1n) is 11.1. The van der Waals surface area contributed by atoms with Gasteiger partial charge in [0, 0.05) is 39.6 Å². The molecular formula is C26H39N2P. The summed E-state index contributed by atoms with van der Waals surface area (Å²) in [6.07, 6.45) is 4.13. The molecule has 2 aromatic carbocycles. The Morgan fingerprint density at radius 3 is 1.59 bits per heavy atom. The zero-order chi connectivity index (χ0) is 21.1. The zero-order valence-electron chi connectivity index (χ0n) is 19.4. The molecule has 2 nitrogen and oxygen atoms in total. The van der Waals surface area contributed by atoms with Crippen molar-refractivity contribution >= 4 is 29.9 Å². The van der Waals surface area contributed by atoms with Crippen molar-refractivity contribution in [3.05, 3.63) is 48.5 Å². The maximum atomic E-state index is 2.46. The summed E-state index contributed by atoms with van der Waals surface area (Å²) in [5.41, 5.74) is 3.33. The highest BCUT2D eigenvalue weighted by Gasteiger charge is 2.37. The van der Waals surface area contributed by atoms with Crippen LogP contribution in [0.25, 0.3) is 0 Å². The molecule has 2 aromatic rings. The normalized spacial score (nSPS) is 22.2. The van der Waals surface area contributed by atoms with E-state index in [-0.39, 0.29) is 7.92 Å². The van der Waals surface area contributed by atoms with Gasteiger partial charge in [-0.25, -0.2) is 0 Å². The van der Waals surface area contributed by atoms with E-state index in [9.17, 15) is 0 Å². The molecular weight excluding hydrogens is 371 g/mol. The van der Waals surface area contributed by atoms with E-state index >= 15 is 0 Å². The summed E-state index contributed by atoms with van der Waals surface area (Å²) in [5.74, 6) is 2.40.